The molecule has 1 aliphatic carbocycles. The minimum atomic E-state index is -1.63. The zero-order valence-electron chi connectivity index (χ0n) is 19.3. The van der Waals surface area contributed by atoms with Gasteiger partial charge < -0.3 is 55.9 Å². The molecule has 0 amide bonds. The molecule has 0 radical (unpaired) electrons. The zero-order valence-corrected chi connectivity index (χ0v) is 19.3. The molecular formula is C20H37N5O9. The topological polar surface area (TPSA) is 239 Å². The number of nitrogens with zero attached hydrogens (tertiary/aromatic N) is 3. The van der Waals surface area contributed by atoms with Crippen LogP contribution in [-0.4, -0.2) is 112 Å². The molecule has 0 aromatic carbocycles. The summed E-state index contributed by atoms with van der Waals surface area (Å²) in [5.41, 5.74) is 21.1. The van der Waals surface area contributed by atoms with E-state index in [1.165, 1.54) is 0 Å². The van der Waals surface area contributed by atoms with E-state index in [1.54, 1.807) is 6.92 Å². The van der Waals surface area contributed by atoms with Gasteiger partial charge >= 0.3 is 0 Å². The third kappa shape index (κ3) is 5.48. The van der Waals surface area contributed by atoms with E-state index >= 15 is 0 Å². The lowest BCUT2D eigenvalue weighted by molar-refractivity contribution is -0.322. The summed E-state index contributed by atoms with van der Waals surface area (Å²) in [7, 11) is 0. The predicted molar refractivity (Wildman–Crippen MR) is 116 cm³/mol. The van der Waals surface area contributed by atoms with Crippen LogP contribution in [0.3, 0.4) is 0 Å². The number of hydrogen-bond acceptors (Lipinski definition) is 12. The Morgan fingerprint density at radius 1 is 0.971 bits per heavy atom. The Morgan fingerprint density at radius 3 is 2.26 bits per heavy atom. The highest BCUT2D eigenvalue weighted by molar-refractivity contribution is 5.02. The van der Waals surface area contributed by atoms with Crippen molar-refractivity contribution < 1.29 is 44.5 Å². The fourth-order valence-electron chi connectivity index (χ4n) is 4.83. The Balaban J connectivity index is 1.78. The highest BCUT2D eigenvalue weighted by Crippen LogP contribution is 2.34. The first-order valence-corrected chi connectivity index (χ1v) is 11.6. The van der Waals surface area contributed by atoms with Crippen LogP contribution < -0.4 is 11.5 Å². The number of rotatable bonds is 7. The summed E-state index contributed by atoms with van der Waals surface area (Å²) in [5, 5.41) is 55.6. The summed E-state index contributed by atoms with van der Waals surface area (Å²) in [5.74, 6) is -0.609. The summed E-state index contributed by atoms with van der Waals surface area (Å²) in [6.45, 7) is 3.01. The van der Waals surface area contributed by atoms with Crippen molar-refractivity contribution in [2.45, 2.75) is 113 Å². The second-order valence-electron chi connectivity index (χ2n) is 9.30. The molecule has 1 saturated carbocycles. The van der Waals surface area contributed by atoms with E-state index in [0.29, 0.717) is 6.42 Å². The van der Waals surface area contributed by atoms with Gasteiger partial charge in [0.2, 0.25) is 0 Å². The van der Waals surface area contributed by atoms with E-state index in [9.17, 15) is 25.5 Å². The van der Waals surface area contributed by atoms with Gasteiger partial charge in [0, 0.05) is 10.8 Å². The Bertz CT molecular complexity index is 716. The monoisotopic (exact) mass is 491 g/mol. The van der Waals surface area contributed by atoms with Crippen molar-refractivity contribution in [3.05, 3.63) is 10.4 Å². The van der Waals surface area contributed by atoms with E-state index in [4.69, 9.17) is 35.9 Å². The molecule has 0 aromatic rings. The first-order chi connectivity index (χ1) is 16.1. The van der Waals surface area contributed by atoms with Gasteiger partial charge in [-0.05, 0) is 24.8 Å². The number of aliphatic hydroxyl groups is 5. The van der Waals surface area contributed by atoms with Gasteiger partial charge in [-0.15, -0.1) is 0 Å². The van der Waals surface area contributed by atoms with E-state index in [1.807, 2.05) is 6.92 Å². The average molecular weight is 492 g/mol. The normalized spacial score (nSPS) is 49.9. The van der Waals surface area contributed by atoms with Crippen molar-refractivity contribution in [1.82, 2.24) is 0 Å². The molecule has 0 spiro atoms. The number of nitrogens with two attached hydrogens (primary N) is 2. The van der Waals surface area contributed by atoms with E-state index in [0.717, 1.165) is 12.8 Å². The highest BCUT2D eigenvalue weighted by Gasteiger charge is 2.53. The highest BCUT2D eigenvalue weighted by atomic mass is 16.7. The Morgan fingerprint density at radius 2 is 1.65 bits per heavy atom. The molecule has 3 rings (SSSR count). The lowest BCUT2D eigenvalue weighted by Crippen LogP contribution is -2.68. The van der Waals surface area contributed by atoms with Gasteiger partial charge in [0.1, 0.15) is 24.4 Å². The molecule has 14 atom stereocenters. The lowest BCUT2D eigenvalue weighted by Gasteiger charge is -2.49. The Kier molecular flexibility index (Phi) is 9.48. The minimum absolute atomic E-state index is 0.0367. The number of aliphatic hydroxyl groups excluding tert-OH is 5. The van der Waals surface area contributed by atoms with E-state index in [2.05, 4.69) is 10.0 Å². The van der Waals surface area contributed by atoms with Crippen LogP contribution in [0, 0.1) is 5.92 Å². The molecule has 9 N–H and O–H groups in total. The van der Waals surface area contributed by atoms with Crippen LogP contribution in [0.5, 0.6) is 0 Å². The maximum atomic E-state index is 11.1. The fourth-order valence-corrected chi connectivity index (χ4v) is 4.83. The van der Waals surface area contributed by atoms with Crippen molar-refractivity contribution >= 4 is 0 Å². The second kappa shape index (κ2) is 11.7. The maximum absolute atomic E-state index is 11.1. The van der Waals surface area contributed by atoms with Crippen molar-refractivity contribution in [3.63, 3.8) is 0 Å². The molecule has 2 saturated heterocycles. The molecule has 196 valence electrons. The van der Waals surface area contributed by atoms with Crippen LogP contribution in [0.1, 0.15) is 33.1 Å². The third-order valence-corrected chi connectivity index (χ3v) is 7.07. The van der Waals surface area contributed by atoms with Crippen LogP contribution in [0.25, 0.3) is 10.4 Å². The Hall–Kier alpha value is -1.13. The smallest absolute Gasteiger partial charge is 0.185 e. The molecule has 0 aromatic heterocycles. The van der Waals surface area contributed by atoms with Gasteiger partial charge in [-0.3, -0.25) is 0 Å². The van der Waals surface area contributed by atoms with Gasteiger partial charge in [0.25, 0.3) is 0 Å². The fraction of sp³-hybridized carbons (Fsp3) is 1.00. The van der Waals surface area contributed by atoms with Crippen molar-refractivity contribution in [2.75, 3.05) is 6.61 Å². The molecule has 6 unspecified atom stereocenters. The van der Waals surface area contributed by atoms with Crippen LogP contribution in [0.2, 0.25) is 0 Å². The standard InChI is InChI=1S/C20H37N5O9/c1-3-8-4-5-9(21)19(31-8)33-17-7(2)13(27)11(22)18(16(17)30)34-20-15(29)12(24-25-23)14(28)10(6-26)32-20/h7-20,26-30H,3-6,21-22H2,1-2H3/t7-,8+,9?,10?,11?,12-,13+,14+,15?,16?,17?,18-,19+,20+/m0/s1. The maximum Gasteiger partial charge on any atom is 0.185 e. The largest absolute Gasteiger partial charge is 0.394 e. The van der Waals surface area contributed by atoms with Crippen LogP contribution in [0.15, 0.2) is 5.11 Å². The van der Waals surface area contributed by atoms with Crippen molar-refractivity contribution in [3.8, 4) is 0 Å². The van der Waals surface area contributed by atoms with Crippen LogP contribution in [-0.2, 0) is 18.9 Å². The zero-order chi connectivity index (χ0) is 25.2. The Labute approximate surface area is 197 Å². The first-order valence-electron chi connectivity index (χ1n) is 11.6. The third-order valence-electron chi connectivity index (χ3n) is 7.07. The lowest BCUT2D eigenvalue weighted by atomic mass is 9.78. The summed E-state index contributed by atoms with van der Waals surface area (Å²) in [6, 6.07) is -2.90. The van der Waals surface area contributed by atoms with Crippen molar-refractivity contribution in [2.24, 2.45) is 22.5 Å². The minimum Gasteiger partial charge on any atom is -0.394 e. The van der Waals surface area contributed by atoms with E-state index in [-0.39, 0.29) is 6.10 Å². The molecule has 2 heterocycles. The molecule has 2 aliphatic heterocycles. The predicted octanol–water partition coefficient (Wildman–Crippen LogP) is -2.18. The quantitative estimate of drug-likeness (QED) is 0.115. The summed E-state index contributed by atoms with van der Waals surface area (Å²) in [4.78, 5) is 2.61. The second-order valence-corrected chi connectivity index (χ2v) is 9.30. The number of hydrogen-bond donors (Lipinski definition) is 7. The van der Waals surface area contributed by atoms with Gasteiger partial charge in [-0.1, -0.05) is 19.0 Å². The van der Waals surface area contributed by atoms with E-state index < -0.39 is 86.0 Å². The SMILES string of the molecule is CC[C@@H]1CCC(N)[C@@H](OC2C(O)[C@@H](O[C@H]3OC(CO)[C@@H](O)[C@H](N=[N+]=[N-])C3O)C(N)[C@H](O)[C@@H]2C)O1. The number of ether oxygens (including phenoxy) is 4. The molecule has 14 heteroatoms. The van der Waals surface area contributed by atoms with Crippen LogP contribution in [0.4, 0.5) is 0 Å². The summed E-state index contributed by atoms with van der Waals surface area (Å²) >= 11 is 0. The number of azide groups is 1. The summed E-state index contributed by atoms with van der Waals surface area (Å²) in [6.07, 6.45) is -9.26. The molecule has 3 fully saturated rings. The molecule has 3 aliphatic rings. The van der Waals surface area contributed by atoms with Gasteiger partial charge in [-0.2, -0.15) is 0 Å². The van der Waals surface area contributed by atoms with Gasteiger partial charge in [-0.25, -0.2) is 0 Å². The van der Waals surface area contributed by atoms with Crippen LogP contribution >= 0.6 is 0 Å². The first kappa shape index (κ1) is 27.5. The average Bonchev–Trinajstić information content (AvgIpc) is 2.83. The molecule has 34 heavy (non-hydrogen) atoms. The summed E-state index contributed by atoms with van der Waals surface area (Å²) < 4.78 is 23.2. The molecule has 0 bridgehead atoms. The van der Waals surface area contributed by atoms with Gasteiger partial charge in [0.15, 0.2) is 12.6 Å². The molecular weight excluding hydrogens is 454 g/mol. The van der Waals surface area contributed by atoms with Crippen molar-refractivity contribution in [1.29, 1.82) is 0 Å². The van der Waals surface area contributed by atoms with Gasteiger partial charge in [0.05, 0.1) is 49.1 Å². The molecule has 14 nitrogen and oxygen atoms in total.